The van der Waals surface area contributed by atoms with E-state index in [2.05, 4.69) is 15.5 Å². The van der Waals surface area contributed by atoms with Crippen molar-refractivity contribution >= 4 is 11.6 Å². The molecule has 0 saturated carbocycles. The van der Waals surface area contributed by atoms with Crippen molar-refractivity contribution in [3.05, 3.63) is 48.9 Å². The molecule has 0 bridgehead atoms. The molecule has 0 spiro atoms. The molecule has 3 aromatic rings. The zero-order valence-corrected chi connectivity index (χ0v) is 13.0. The molecule has 2 aromatic carbocycles. The Morgan fingerprint density at radius 2 is 1.96 bits per heavy atom. The van der Waals surface area contributed by atoms with Crippen LogP contribution in [0.5, 0.6) is 17.2 Å². The standard InChI is InChI=1S/C17H13N3O5/c21-16(19-12-3-6-14-15(7-12)25-10-24-14)8-22-13-4-1-11(2-5-13)17-20-18-9-23-17/h1-7,9H,8,10H2,(H,19,21). The van der Waals surface area contributed by atoms with Gasteiger partial charge in [0.25, 0.3) is 5.91 Å². The van der Waals surface area contributed by atoms with Crippen LogP contribution in [0.25, 0.3) is 11.5 Å². The summed E-state index contributed by atoms with van der Waals surface area (Å²) in [4.78, 5) is 12.0. The van der Waals surface area contributed by atoms with Crippen molar-refractivity contribution in [1.29, 1.82) is 0 Å². The third-order valence-electron chi connectivity index (χ3n) is 3.49. The molecule has 1 aliphatic rings. The highest BCUT2D eigenvalue weighted by Crippen LogP contribution is 2.34. The van der Waals surface area contributed by atoms with Crippen LogP contribution in [0.4, 0.5) is 5.69 Å². The van der Waals surface area contributed by atoms with Crippen LogP contribution in [-0.4, -0.2) is 29.5 Å². The lowest BCUT2D eigenvalue weighted by Crippen LogP contribution is -2.20. The van der Waals surface area contributed by atoms with Gasteiger partial charge in [-0.3, -0.25) is 4.79 Å². The van der Waals surface area contributed by atoms with Gasteiger partial charge in [-0.05, 0) is 36.4 Å². The molecule has 1 N–H and O–H groups in total. The number of aromatic nitrogens is 2. The summed E-state index contributed by atoms with van der Waals surface area (Å²) in [6, 6.07) is 12.2. The van der Waals surface area contributed by atoms with Crippen LogP contribution in [0, 0.1) is 0 Å². The number of carbonyl (C=O) groups excluding carboxylic acids is 1. The summed E-state index contributed by atoms with van der Waals surface area (Å²) >= 11 is 0. The molecule has 0 atom stereocenters. The minimum Gasteiger partial charge on any atom is -0.484 e. The molecule has 1 amide bonds. The minimum absolute atomic E-state index is 0.117. The molecule has 0 aliphatic carbocycles. The van der Waals surface area contributed by atoms with Gasteiger partial charge >= 0.3 is 0 Å². The summed E-state index contributed by atoms with van der Waals surface area (Å²) in [7, 11) is 0. The zero-order chi connectivity index (χ0) is 17.1. The van der Waals surface area contributed by atoms with E-state index >= 15 is 0 Å². The summed E-state index contributed by atoms with van der Waals surface area (Å²) in [5.74, 6) is 1.97. The number of hydrogen-bond acceptors (Lipinski definition) is 7. The number of benzene rings is 2. The number of amides is 1. The largest absolute Gasteiger partial charge is 0.484 e. The average molecular weight is 339 g/mol. The van der Waals surface area contributed by atoms with Gasteiger partial charge in [0.05, 0.1) is 0 Å². The number of nitrogens with one attached hydrogen (secondary N) is 1. The first-order chi connectivity index (χ1) is 12.3. The Balaban J connectivity index is 1.32. The van der Waals surface area contributed by atoms with E-state index in [1.54, 1.807) is 42.5 Å². The van der Waals surface area contributed by atoms with Crippen molar-refractivity contribution in [2.24, 2.45) is 0 Å². The summed E-state index contributed by atoms with van der Waals surface area (Å²) in [6.07, 6.45) is 1.26. The molecule has 25 heavy (non-hydrogen) atoms. The van der Waals surface area contributed by atoms with Gasteiger partial charge < -0.3 is 23.9 Å². The van der Waals surface area contributed by atoms with E-state index in [9.17, 15) is 4.79 Å². The Hall–Kier alpha value is -3.55. The van der Waals surface area contributed by atoms with Crippen LogP contribution < -0.4 is 19.5 Å². The van der Waals surface area contributed by atoms with Gasteiger partial charge in [0.1, 0.15) is 5.75 Å². The lowest BCUT2D eigenvalue weighted by molar-refractivity contribution is -0.118. The second-order valence-corrected chi connectivity index (χ2v) is 5.17. The Morgan fingerprint density at radius 1 is 1.12 bits per heavy atom. The van der Waals surface area contributed by atoms with Gasteiger partial charge in [-0.15, -0.1) is 10.2 Å². The highest BCUT2D eigenvalue weighted by molar-refractivity contribution is 5.92. The van der Waals surface area contributed by atoms with Gasteiger partial charge in [-0.2, -0.15) is 0 Å². The first-order valence-corrected chi connectivity index (χ1v) is 7.47. The fourth-order valence-electron chi connectivity index (χ4n) is 2.31. The second-order valence-electron chi connectivity index (χ2n) is 5.17. The van der Waals surface area contributed by atoms with E-state index in [4.69, 9.17) is 18.6 Å². The quantitative estimate of drug-likeness (QED) is 0.763. The van der Waals surface area contributed by atoms with Crippen molar-refractivity contribution in [2.45, 2.75) is 0 Å². The fourth-order valence-corrected chi connectivity index (χ4v) is 2.31. The molecule has 8 heteroatoms. The van der Waals surface area contributed by atoms with Gasteiger partial charge in [0.2, 0.25) is 19.1 Å². The van der Waals surface area contributed by atoms with E-state index in [1.807, 2.05) is 0 Å². The number of nitrogens with zero attached hydrogens (tertiary/aromatic N) is 2. The van der Waals surface area contributed by atoms with Crippen LogP contribution in [-0.2, 0) is 4.79 Å². The first kappa shape index (κ1) is 15.0. The topological polar surface area (TPSA) is 95.7 Å². The second kappa shape index (κ2) is 6.52. The van der Waals surface area contributed by atoms with Gasteiger partial charge in [-0.25, -0.2) is 0 Å². The molecule has 1 aliphatic heterocycles. The highest BCUT2D eigenvalue weighted by Gasteiger charge is 2.14. The van der Waals surface area contributed by atoms with Crippen LogP contribution in [0.15, 0.2) is 53.3 Å². The average Bonchev–Trinajstić information content (AvgIpc) is 3.32. The molecule has 2 heterocycles. The van der Waals surface area contributed by atoms with E-state index < -0.39 is 0 Å². The third kappa shape index (κ3) is 3.37. The molecule has 4 rings (SSSR count). The monoisotopic (exact) mass is 339 g/mol. The number of fused-ring (bicyclic) bond motifs is 1. The molecular weight excluding hydrogens is 326 g/mol. The van der Waals surface area contributed by atoms with Crippen molar-refractivity contribution < 1.29 is 23.4 Å². The zero-order valence-electron chi connectivity index (χ0n) is 13.0. The molecule has 126 valence electrons. The van der Waals surface area contributed by atoms with E-state index in [1.165, 1.54) is 6.39 Å². The Labute approximate surface area is 142 Å². The summed E-state index contributed by atoms with van der Waals surface area (Å²) in [5, 5.41) is 10.2. The van der Waals surface area contributed by atoms with Crippen LogP contribution >= 0.6 is 0 Å². The Bertz CT molecular complexity index is 878. The normalized spacial score (nSPS) is 12.0. The number of carbonyl (C=O) groups is 1. The lowest BCUT2D eigenvalue weighted by atomic mass is 10.2. The smallest absolute Gasteiger partial charge is 0.262 e. The predicted molar refractivity (Wildman–Crippen MR) is 86.4 cm³/mol. The highest BCUT2D eigenvalue weighted by atomic mass is 16.7. The van der Waals surface area contributed by atoms with Gasteiger partial charge in [-0.1, -0.05) is 0 Å². The molecule has 1 aromatic heterocycles. The van der Waals surface area contributed by atoms with Crippen molar-refractivity contribution in [1.82, 2.24) is 10.2 Å². The maximum absolute atomic E-state index is 12.0. The number of hydrogen-bond donors (Lipinski definition) is 1. The molecule has 0 saturated heterocycles. The number of anilines is 1. The van der Waals surface area contributed by atoms with E-state index in [-0.39, 0.29) is 19.3 Å². The Kier molecular flexibility index (Phi) is 3.91. The van der Waals surface area contributed by atoms with E-state index in [0.29, 0.717) is 28.8 Å². The lowest BCUT2D eigenvalue weighted by Gasteiger charge is -2.08. The predicted octanol–water partition coefficient (Wildman–Crippen LogP) is 2.48. The van der Waals surface area contributed by atoms with Gasteiger partial charge in [0.15, 0.2) is 18.1 Å². The van der Waals surface area contributed by atoms with Crippen molar-refractivity contribution in [2.75, 3.05) is 18.7 Å². The van der Waals surface area contributed by atoms with Crippen LogP contribution in [0.2, 0.25) is 0 Å². The molecule has 0 fully saturated rings. The summed E-state index contributed by atoms with van der Waals surface area (Å²) in [6.45, 7) is 0.0732. The minimum atomic E-state index is -0.278. The Morgan fingerprint density at radius 3 is 2.76 bits per heavy atom. The molecular formula is C17H13N3O5. The van der Waals surface area contributed by atoms with Gasteiger partial charge in [0, 0.05) is 17.3 Å². The van der Waals surface area contributed by atoms with Crippen molar-refractivity contribution in [3.8, 4) is 28.7 Å². The maximum Gasteiger partial charge on any atom is 0.262 e. The number of ether oxygens (including phenoxy) is 3. The molecule has 0 radical (unpaired) electrons. The summed E-state index contributed by atoms with van der Waals surface area (Å²) < 4.78 is 21.1. The maximum atomic E-state index is 12.0. The third-order valence-corrected chi connectivity index (χ3v) is 3.49. The molecule has 0 unspecified atom stereocenters. The van der Waals surface area contributed by atoms with Crippen LogP contribution in [0.1, 0.15) is 0 Å². The van der Waals surface area contributed by atoms with E-state index in [0.717, 1.165) is 5.56 Å². The summed E-state index contributed by atoms with van der Waals surface area (Å²) in [5.41, 5.74) is 1.39. The first-order valence-electron chi connectivity index (χ1n) is 7.47. The fraction of sp³-hybridized carbons (Fsp3) is 0.118. The van der Waals surface area contributed by atoms with Crippen LogP contribution in [0.3, 0.4) is 0 Å². The van der Waals surface area contributed by atoms with Crippen molar-refractivity contribution in [3.63, 3.8) is 0 Å². The number of rotatable bonds is 5. The molecule has 8 nitrogen and oxygen atoms in total. The SMILES string of the molecule is O=C(COc1ccc(-c2nnco2)cc1)Nc1ccc2c(c1)OCO2.